The summed E-state index contributed by atoms with van der Waals surface area (Å²) < 4.78 is 0.814. The molecule has 2 N–H and O–H groups in total. The number of nitrogens with zero attached hydrogens (tertiary/aromatic N) is 1. The SMILES string of the molecule is CC(C)c1ccc(-c2csc3nc(SCC(=O)Nc4ccccc4Br)[nH]c(=O)c23)cc1. The fourth-order valence-corrected chi connectivity index (χ4v) is 5.19. The van der Waals surface area contributed by atoms with Crippen molar-refractivity contribution in [3.8, 4) is 11.1 Å². The van der Waals surface area contributed by atoms with Gasteiger partial charge >= 0.3 is 0 Å². The first kappa shape index (κ1) is 21.8. The van der Waals surface area contributed by atoms with Gasteiger partial charge in [-0.25, -0.2) is 4.98 Å². The molecular weight excluding hydrogens is 494 g/mol. The Balaban J connectivity index is 1.52. The zero-order valence-corrected chi connectivity index (χ0v) is 20.2. The van der Waals surface area contributed by atoms with Crippen LogP contribution in [0.1, 0.15) is 25.3 Å². The molecule has 0 saturated heterocycles. The third-order valence-electron chi connectivity index (χ3n) is 4.80. The van der Waals surface area contributed by atoms with Crippen LogP contribution in [-0.2, 0) is 4.79 Å². The maximum atomic E-state index is 12.8. The number of hydrogen-bond donors (Lipinski definition) is 2. The van der Waals surface area contributed by atoms with E-state index in [4.69, 9.17) is 0 Å². The van der Waals surface area contributed by atoms with Gasteiger partial charge < -0.3 is 10.3 Å². The van der Waals surface area contributed by atoms with Crippen LogP contribution in [0, 0.1) is 0 Å². The quantitative estimate of drug-likeness (QED) is 0.235. The van der Waals surface area contributed by atoms with Gasteiger partial charge in [0.1, 0.15) is 4.83 Å². The van der Waals surface area contributed by atoms with Crippen molar-refractivity contribution >= 4 is 60.8 Å². The third-order valence-corrected chi connectivity index (χ3v) is 7.24. The highest BCUT2D eigenvalue weighted by Crippen LogP contribution is 2.32. The van der Waals surface area contributed by atoms with E-state index in [0.29, 0.717) is 27.0 Å². The zero-order chi connectivity index (χ0) is 22.0. The van der Waals surface area contributed by atoms with E-state index >= 15 is 0 Å². The van der Waals surface area contributed by atoms with Gasteiger partial charge in [0.15, 0.2) is 5.16 Å². The van der Waals surface area contributed by atoms with E-state index in [-0.39, 0.29) is 17.2 Å². The molecule has 2 heterocycles. The molecule has 0 saturated carbocycles. The summed E-state index contributed by atoms with van der Waals surface area (Å²) in [7, 11) is 0. The number of thioether (sulfide) groups is 1. The summed E-state index contributed by atoms with van der Waals surface area (Å²) in [5.41, 5.74) is 3.65. The average molecular weight is 514 g/mol. The second-order valence-corrected chi connectivity index (χ2v) is 9.97. The van der Waals surface area contributed by atoms with Crippen LogP contribution in [0.4, 0.5) is 5.69 Å². The average Bonchev–Trinajstić information content (AvgIpc) is 3.19. The Kier molecular flexibility index (Phi) is 6.60. The van der Waals surface area contributed by atoms with Gasteiger partial charge in [-0.05, 0) is 45.1 Å². The second-order valence-electron chi connectivity index (χ2n) is 7.29. The van der Waals surface area contributed by atoms with Gasteiger partial charge in [-0.1, -0.05) is 62.0 Å². The third kappa shape index (κ3) is 4.92. The molecule has 2 aromatic carbocycles. The maximum absolute atomic E-state index is 12.8. The van der Waals surface area contributed by atoms with E-state index in [9.17, 15) is 9.59 Å². The van der Waals surface area contributed by atoms with E-state index in [2.05, 4.69) is 57.2 Å². The molecule has 0 fully saturated rings. The van der Waals surface area contributed by atoms with Crippen molar-refractivity contribution in [1.82, 2.24) is 9.97 Å². The van der Waals surface area contributed by atoms with Crippen LogP contribution in [-0.4, -0.2) is 21.6 Å². The Labute approximate surface area is 196 Å². The molecule has 0 spiro atoms. The fourth-order valence-electron chi connectivity index (χ4n) is 3.14. The van der Waals surface area contributed by atoms with Crippen LogP contribution in [0.5, 0.6) is 0 Å². The van der Waals surface area contributed by atoms with E-state index in [0.717, 1.165) is 15.6 Å². The van der Waals surface area contributed by atoms with Crippen LogP contribution in [0.15, 0.2) is 68.3 Å². The van der Waals surface area contributed by atoms with Crippen LogP contribution in [0.3, 0.4) is 0 Å². The number of thiophene rings is 1. The maximum Gasteiger partial charge on any atom is 0.260 e. The summed E-state index contributed by atoms with van der Waals surface area (Å²) in [5, 5.41) is 5.83. The Morgan fingerprint density at radius 1 is 1.19 bits per heavy atom. The lowest BCUT2D eigenvalue weighted by molar-refractivity contribution is -0.113. The van der Waals surface area contributed by atoms with Crippen molar-refractivity contribution in [3.63, 3.8) is 0 Å². The lowest BCUT2D eigenvalue weighted by Crippen LogP contribution is -2.15. The Morgan fingerprint density at radius 2 is 1.94 bits per heavy atom. The molecule has 5 nitrogen and oxygen atoms in total. The van der Waals surface area contributed by atoms with E-state index in [1.54, 1.807) is 0 Å². The van der Waals surface area contributed by atoms with Gasteiger partial charge in [-0.2, -0.15) is 0 Å². The van der Waals surface area contributed by atoms with Gasteiger partial charge in [-0.15, -0.1) is 11.3 Å². The number of H-pyrrole nitrogens is 1. The molecule has 4 aromatic rings. The number of para-hydroxylation sites is 1. The number of anilines is 1. The van der Waals surface area contributed by atoms with E-state index < -0.39 is 0 Å². The largest absolute Gasteiger partial charge is 0.324 e. The highest BCUT2D eigenvalue weighted by molar-refractivity contribution is 9.10. The molecule has 0 radical (unpaired) electrons. The second kappa shape index (κ2) is 9.38. The minimum absolute atomic E-state index is 0.144. The van der Waals surface area contributed by atoms with Crippen molar-refractivity contribution < 1.29 is 4.79 Å². The molecule has 158 valence electrons. The van der Waals surface area contributed by atoms with Gasteiger partial charge in [0.2, 0.25) is 5.91 Å². The summed E-state index contributed by atoms with van der Waals surface area (Å²) in [4.78, 5) is 33.1. The van der Waals surface area contributed by atoms with Crippen molar-refractivity contribution in [2.24, 2.45) is 0 Å². The van der Waals surface area contributed by atoms with Gasteiger partial charge in [0.05, 0.1) is 16.8 Å². The molecule has 0 bridgehead atoms. The topological polar surface area (TPSA) is 74.8 Å². The first-order valence-corrected chi connectivity index (χ1v) is 12.4. The number of nitrogens with one attached hydrogen (secondary N) is 2. The monoisotopic (exact) mass is 513 g/mol. The lowest BCUT2D eigenvalue weighted by Gasteiger charge is -2.07. The predicted octanol–water partition coefficient (Wildman–Crippen LogP) is 6.27. The van der Waals surface area contributed by atoms with Gasteiger partial charge in [-0.3, -0.25) is 9.59 Å². The van der Waals surface area contributed by atoms with Crippen molar-refractivity contribution in [2.45, 2.75) is 24.9 Å². The molecule has 0 aliphatic carbocycles. The van der Waals surface area contributed by atoms with Crippen LogP contribution < -0.4 is 10.9 Å². The minimum atomic E-state index is -0.192. The standard InChI is InChI=1S/C23H20BrN3O2S2/c1-13(2)14-7-9-15(10-8-14)16-11-30-22-20(16)21(29)26-23(27-22)31-12-19(28)25-18-6-4-3-5-17(18)24/h3-11,13H,12H2,1-2H3,(H,25,28)(H,26,27,29). The molecule has 4 rings (SSSR count). The molecule has 0 aliphatic heterocycles. The van der Waals surface area contributed by atoms with Crippen molar-refractivity contribution in [3.05, 3.63) is 74.3 Å². The number of hydrogen-bond acceptors (Lipinski definition) is 5. The smallest absolute Gasteiger partial charge is 0.260 e. The number of carbonyl (C=O) groups excluding carboxylic acids is 1. The Morgan fingerprint density at radius 3 is 2.65 bits per heavy atom. The van der Waals surface area contributed by atoms with Crippen molar-refractivity contribution in [1.29, 1.82) is 0 Å². The van der Waals surface area contributed by atoms with Crippen LogP contribution >= 0.6 is 39.0 Å². The molecule has 0 atom stereocenters. The molecule has 31 heavy (non-hydrogen) atoms. The van der Waals surface area contributed by atoms with Crippen molar-refractivity contribution in [2.75, 3.05) is 11.1 Å². The predicted molar refractivity (Wildman–Crippen MR) is 133 cm³/mol. The summed E-state index contributed by atoms with van der Waals surface area (Å²) in [6.45, 7) is 4.31. The summed E-state index contributed by atoms with van der Waals surface area (Å²) in [5.74, 6) is 0.430. The normalized spacial score (nSPS) is 11.2. The number of benzene rings is 2. The number of halogens is 1. The number of amides is 1. The number of fused-ring (bicyclic) bond motifs is 1. The fraction of sp³-hybridized carbons (Fsp3) is 0.174. The summed E-state index contributed by atoms with van der Waals surface area (Å²) in [6.07, 6.45) is 0. The number of aromatic nitrogens is 2. The first-order chi connectivity index (χ1) is 14.9. The van der Waals surface area contributed by atoms with Crippen LogP contribution in [0.25, 0.3) is 21.3 Å². The Hall–Kier alpha value is -2.42. The highest BCUT2D eigenvalue weighted by atomic mass is 79.9. The summed E-state index contributed by atoms with van der Waals surface area (Å²) >= 11 is 6.05. The molecule has 2 aromatic heterocycles. The van der Waals surface area contributed by atoms with Gasteiger partial charge in [0, 0.05) is 15.4 Å². The van der Waals surface area contributed by atoms with E-state index in [1.165, 1.54) is 28.7 Å². The zero-order valence-electron chi connectivity index (χ0n) is 16.9. The minimum Gasteiger partial charge on any atom is -0.324 e. The molecule has 8 heteroatoms. The molecular formula is C23H20BrN3O2S2. The molecule has 0 aliphatic rings. The molecule has 1 amide bonds. The van der Waals surface area contributed by atoms with E-state index in [1.807, 2.05) is 41.8 Å². The van der Waals surface area contributed by atoms with Crippen LogP contribution in [0.2, 0.25) is 0 Å². The molecule has 0 unspecified atom stereocenters. The lowest BCUT2D eigenvalue weighted by atomic mass is 9.99. The van der Waals surface area contributed by atoms with Gasteiger partial charge in [0.25, 0.3) is 5.56 Å². The number of aromatic amines is 1. The highest BCUT2D eigenvalue weighted by Gasteiger charge is 2.14. The number of rotatable bonds is 6. The summed E-state index contributed by atoms with van der Waals surface area (Å²) in [6, 6.07) is 15.7. The first-order valence-electron chi connectivity index (χ1n) is 9.71. The Bertz CT molecular complexity index is 1300. The number of carbonyl (C=O) groups is 1.